The molecule has 1 aromatic carbocycles. The van der Waals surface area contributed by atoms with Crippen molar-refractivity contribution < 1.29 is 18.6 Å². The standard InChI is InChI=1S/C19H13N3O5/c20-11-14(19(23)21-12-17-2-1-9-26-17)10-16-7-8-18(27-16)13-3-5-15(6-4-13)22(24)25/h1-10H,12H2,(H,21,23)/b14-10+. The highest BCUT2D eigenvalue weighted by atomic mass is 16.6. The van der Waals surface area contributed by atoms with Gasteiger partial charge in [-0.15, -0.1) is 0 Å². The van der Waals surface area contributed by atoms with Crippen LogP contribution < -0.4 is 5.32 Å². The van der Waals surface area contributed by atoms with Crippen molar-refractivity contribution in [2.75, 3.05) is 0 Å². The zero-order valence-corrected chi connectivity index (χ0v) is 13.9. The van der Waals surface area contributed by atoms with Crippen molar-refractivity contribution in [1.29, 1.82) is 5.26 Å². The van der Waals surface area contributed by atoms with Crippen molar-refractivity contribution in [3.63, 3.8) is 0 Å². The number of carbonyl (C=O) groups excluding carboxylic acids is 1. The first-order chi connectivity index (χ1) is 13.1. The molecule has 27 heavy (non-hydrogen) atoms. The SMILES string of the molecule is N#C/C(=C\c1ccc(-c2ccc([N+](=O)[O-])cc2)o1)C(=O)NCc1ccco1. The van der Waals surface area contributed by atoms with E-state index in [-0.39, 0.29) is 17.8 Å². The molecular weight excluding hydrogens is 350 g/mol. The number of nitrogens with one attached hydrogen (secondary N) is 1. The van der Waals surface area contributed by atoms with E-state index in [1.807, 2.05) is 6.07 Å². The summed E-state index contributed by atoms with van der Waals surface area (Å²) in [7, 11) is 0. The first-order valence-corrected chi connectivity index (χ1v) is 7.84. The minimum Gasteiger partial charge on any atom is -0.467 e. The van der Waals surface area contributed by atoms with Gasteiger partial charge in [-0.2, -0.15) is 5.26 Å². The van der Waals surface area contributed by atoms with Gasteiger partial charge in [0.05, 0.1) is 17.7 Å². The summed E-state index contributed by atoms with van der Waals surface area (Å²) in [6.45, 7) is 0.164. The Morgan fingerprint density at radius 1 is 1.22 bits per heavy atom. The van der Waals surface area contributed by atoms with E-state index in [2.05, 4.69) is 5.32 Å². The van der Waals surface area contributed by atoms with E-state index < -0.39 is 10.8 Å². The quantitative estimate of drug-likeness (QED) is 0.308. The molecule has 1 N–H and O–H groups in total. The number of nitro groups is 1. The Hall–Kier alpha value is -4.12. The lowest BCUT2D eigenvalue weighted by molar-refractivity contribution is -0.384. The molecule has 0 saturated carbocycles. The summed E-state index contributed by atoms with van der Waals surface area (Å²) < 4.78 is 10.7. The van der Waals surface area contributed by atoms with Gasteiger partial charge in [0.2, 0.25) is 0 Å². The largest absolute Gasteiger partial charge is 0.467 e. The summed E-state index contributed by atoms with van der Waals surface area (Å²) in [5, 5.41) is 22.5. The maximum atomic E-state index is 12.1. The third kappa shape index (κ3) is 4.29. The summed E-state index contributed by atoms with van der Waals surface area (Å²) in [6, 6.07) is 14.4. The molecule has 0 saturated heterocycles. The number of amides is 1. The molecule has 0 unspecified atom stereocenters. The molecule has 0 radical (unpaired) electrons. The van der Waals surface area contributed by atoms with Crippen LogP contribution in [0.2, 0.25) is 0 Å². The van der Waals surface area contributed by atoms with E-state index in [4.69, 9.17) is 8.83 Å². The van der Waals surface area contributed by atoms with Gasteiger partial charge in [0.15, 0.2) is 0 Å². The second kappa shape index (κ2) is 7.84. The molecule has 1 amide bonds. The van der Waals surface area contributed by atoms with Crippen molar-refractivity contribution in [3.05, 3.63) is 82.0 Å². The van der Waals surface area contributed by atoms with Crippen LogP contribution in [0.25, 0.3) is 17.4 Å². The molecule has 0 aliphatic rings. The van der Waals surface area contributed by atoms with Gasteiger partial charge >= 0.3 is 0 Å². The predicted molar refractivity (Wildman–Crippen MR) is 94.9 cm³/mol. The van der Waals surface area contributed by atoms with E-state index in [0.717, 1.165) is 0 Å². The Labute approximate surface area is 153 Å². The van der Waals surface area contributed by atoms with Crippen molar-refractivity contribution in [1.82, 2.24) is 5.32 Å². The first-order valence-electron chi connectivity index (χ1n) is 7.84. The molecule has 0 bridgehead atoms. The molecule has 2 heterocycles. The van der Waals surface area contributed by atoms with E-state index in [1.54, 1.807) is 36.4 Å². The Balaban J connectivity index is 1.72. The van der Waals surface area contributed by atoms with Gasteiger partial charge in [-0.3, -0.25) is 14.9 Å². The molecule has 0 spiro atoms. The Morgan fingerprint density at radius 3 is 2.63 bits per heavy atom. The second-order valence-electron chi connectivity index (χ2n) is 5.44. The number of benzene rings is 1. The fraction of sp³-hybridized carbons (Fsp3) is 0.0526. The van der Waals surface area contributed by atoms with Gasteiger partial charge in [0.1, 0.15) is 28.9 Å². The smallest absolute Gasteiger partial charge is 0.269 e. The lowest BCUT2D eigenvalue weighted by Crippen LogP contribution is -2.23. The fourth-order valence-corrected chi connectivity index (χ4v) is 2.30. The first kappa shape index (κ1) is 17.7. The number of nitrogens with zero attached hydrogens (tertiary/aromatic N) is 2. The van der Waals surface area contributed by atoms with Crippen LogP contribution in [0.1, 0.15) is 11.5 Å². The van der Waals surface area contributed by atoms with Crippen LogP contribution in [-0.2, 0) is 11.3 Å². The number of furan rings is 2. The molecular formula is C19H13N3O5. The summed E-state index contributed by atoms with van der Waals surface area (Å²) in [5.74, 6) is 0.791. The second-order valence-corrected chi connectivity index (χ2v) is 5.44. The van der Waals surface area contributed by atoms with E-state index in [1.165, 1.54) is 24.5 Å². The van der Waals surface area contributed by atoms with Gasteiger partial charge in [0, 0.05) is 23.8 Å². The number of carbonyl (C=O) groups is 1. The third-order valence-electron chi connectivity index (χ3n) is 3.64. The van der Waals surface area contributed by atoms with Crippen LogP contribution in [0.3, 0.4) is 0 Å². The molecule has 2 aromatic heterocycles. The molecule has 0 aliphatic carbocycles. The Bertz CT molecular complexity index is 1020. The van der Waals surface area contributed by atoms with Gasteiger partial charge in [-0.05, 0) is 36.4 Å². The molecule has 3 aromatic rings. The molecule has 8 nitrogen and oxygen atoms in total. The Morgan fingerprint density at radius 2 is 2.00 bits per heavy atom. The van der Waals surface area contributed by atoms with E-state index in [9.17, 15) is 20.2 Å². The third-order valence-corrected chi connectivity index (χ3v) is 3.64. The monoisotopic (exact) mass is 363 g/mol. The summed E-state index contributed by atoms with van der Waals surface area (Å²) >= 11 is 0. The lowest BCUT2D eigenvalue weighted by atomic mass is 10.1. The molecule has 0 fully saturated rings. The highest BCUT2D eigenvalue weighted by Gasteiger charge is 2.12. The highest BCUT2D eigenvalue weighted by Crippen LogP contribution is 2.25. The van der Waals surface area contributed by atoms with Gasteiger partial charge in [0.25, 0.3) is 11.6 Å². The number of nitro benzene ring substituents is 1. The average molecular weight is 363 g/mol. The van der Waals surface area contributed by atoms with Crippen LogP contribution in [0, 0.1) is 21.4 Å². The normalized spacial score (nSPS) is 11.0. The van der Waals surface area contributed by atoms with Crippen LogP contribution >= 0.6 is 0 Å². The van der Waals surface area contributed by atoms with Gasteiger partial charge in [-0.1, -0.05) is 0 Å². The van der Waals surface area contributed by atoms with Crippen LogP contribution in [0.5, 0.6) is 0 Å². The minimum atomic E-state index is -0.554. The number of nitriles is 1. The minimum absolute atomic E-state index is 0.0228. The van der Waals surface area contributed by atoms with Crippen LogP contribution in [-0.4, -0.2) is 10.8 Å². The molecule has 0 aliphatic heterocycles. The van der Waals surface area contributed by atoms with Crippen molar-refractivity contribution >= 4 is 17.7 Å². The van der Waals surface area contributed by atoms with E-state index >= 15 is 0 Å². The van der Waals surface area contributed by atoms with Crippen molar-refractivity contribution in [2.45, 2.75) is 6.54 Å². The highest BCUT2D eigenvalue weighted by molar-refractivity contribution is 6.01. The van der Waals surface area contributed by atoms with E-state index in [0.29, 0.717) is 22.8 Å². The maximum absolute atomic E-state index is 12.1. The van der Waals surface area contributed by atoms with Crippen molar-refractivity contribution in [3.8, 4) is 17.4 Å². The summed E-state index contributed by atoms with van der Waals surface area (Å²) in [6.07, 6.45) is 2.82. The average Bonchev–Trinajstić information content (AvgIpc) is 3.36. The maximum Gasteiger partial charge on any atom is 0.269 e. The number of hydrogen-bond acceptors (Lipinski definition) is 6. The molecule has 8 heteroatoms. The van der Waals surface area contributed by atoms with Crippen molar-refractivity contribution in [2.24, 2.45) is 0 Å². The Kier molecular flexibility index (Phi) is 5.14. The number of non-ortho nitro benzene ring substituents is 1. The molecule has 3 rings (SSSR count). The molecule has 0 atom stereocenters. The zero-order chi connectivity index (χ0) is 19.2. The van der Waals surface area contributed by atoms with Crippen LogP contribution in [0.4, 0.5) is 5.69 Å². The zero-order valence-electron chi connectivity index (χ0n) is 13.9. The topological polar surface area (TPSA) is 122 Å². The number of rotatable bonds is 6. The lowest BCUT2D eigenvalue weighted by Gasteiger charge is -2.01. The number of hydrogen-bond donors (Lipinski definition) is 1. The van der Waals surface area contributed by atoms with Gasteiger partial charge < -0.3 is 14.2 Å². The molecule has 134 valence electrons. The van der Waals surface area contributed by atoms with Crippen LogP contribution in [0.15, 0.2) is 69.2 Å². The van der Waals surface area contributed by atoms with Gasteiger partial charge in [-0.25, -0.2) is 0 Å². The summed E-state index contributed by atoms with van der Waals surface area (Å²) in [4.78, 5) is 22.3. The predicted octanol–water partition coefficient (Wildman–Crippen LogP) is 3.67. The summed E-state index contributed by atoms with van der Waals surface area (Å²) in [5.41, 5.74) is 0.498. The fourth-order valence-electron chi connectivity index (χ4n) is 2.30.